The van der Waals surface area contributed by atoms with Crippen LogP contribution in [0, 0.1) is 0 Å². The maximum Gasteiger partial charge on any atom is 0.0893 e. The van der Waals surface area contributed by atoms with E-state index in [1.807, 2.05) is 0 Å². The highest BCUT2D eigenvalue weighted by molar-refractivity contribution is 4.94. The molecule has 13 heavy (non-hydrogen) atoms. The van der Waals surface area contributed by atoms with Crippen molar-refractivity contribution in [1.29, 1.82) is 0 Å². The first kappa shape index (κ1) is 8.88. The smallest absolute Gasteiger partial charge is 0.0893 e. The molecule has 3 heteroatoms. The van der Waals surface area contributed by atoms with Gasteiger partial charge in [-0.2, -0.15) is 0 Å². The van der Waals surface area contributed by atoms with Crippen molar-refractivity contribution in [1.82, 2.24) is 9.80 Å². The average molecular weight is 181 g/mol. The maximum atomic E-state index is 5.88. The number of hydrogen-bond acceptors (Lipinski definition) is 3. The van der Waals surface area contributed by atoms with E-state index >= 15 is 0 Å². The molecule has 0 spiro atoms. The SMILES string of the molecule is CN1C=CN(C2CCC(N)CC2)C1. The number of rotatable bonds is 1. The van der Waals surface area contributed by atoms with Gasteiger partial charge in [-0.05, 0) is 25.7 Å². The van der Waals surface area contributed by atoms with E-state index < -0.39 is 0 Å². The molecular formula is C10H19N3. The van der Waals surface area contributed by atoms with E-state index in [2.05, 4.69) is 29.2 Å². The molecule has 1 aliphatic heterocycles. The van der Waals surface area contributed by atoms with Crippen molar-refractivity contribution < 1.29 is 0 Å². The van der Waals surface area contributed by atoms with Gasteiger partial charge < -0.3 is 15.5 Å². The van der Waals surface area contributed by atoms with E-state index in [0.717, 1.165) is 12.7 Å². The Balaban J connectivity index is 1.85. The van der Waals surface area contributed by atoms with Crippen LogP contribution in [0.15, 0.2) is 12.4 Å². The molecule has 2 aliphatic rings. The molecule has 1 fully saturated rings. The molecule has 0 aromatic carbocycles. The van der Waals surface area contributed by atoms with E-state index in [0.29, 0.717) is 6.04 Å². The standard InChI is InChI=1S/C10H19N3/c1-12-6-7-13(8-12)10-4-2-9(11)3-5-10/h6-7,9-10H,2-5,8,11H2,1H3. The molecule has 2 N–H and O–H groups in total. The molecule has 0 radical (unpaired) electrons. The zero-order chi connectivity index (χ0) is 9.26. The molecule has 1 heterocycles. The molecule has 0 saturated heterocycles. The van der Waals surface area contributed by atoms with Crippen molar-refractivity contribution in [3.05, 3.63) is 12.4 Å². The molecule has 0 amide bonds. The van der Waals surface area contributed by atoms with Crippen LogP contribution in [0.4, 0.5) is 0 Å². The third-order valence-corrected chi connectivity index (χ3v) is 3.11. The Bertz CT molecular complexity index is 194. The summed E-state index contributed by atoms with van der Waals surface area (Å²) in [5.74, 6) is 0. The molecular weight excluding hydrogens is 162 g/mol. The van der Waals surface area contributed by atoms with Crippen LogP contribution in [0.5, 0.6) is 0 Å². The number of nitrogens with two attached hydrogens (primary N) is 1. The largest absolute Gasteiger partial charge is 0.362 e. The van der Waals surface area contributed by atoms with Crippen molar-refractivity contribution in [2.45, 2.75) is 37.8 Å². The highest BCUT2D eigenvalue weighted by Crippen LogP contribution is 2.24. The summed E-state index contributed by atoms with van der Waals surface area (Å²) in [6.07, 6.45) is 9.27. The van der Waals surface area contributed by atoms with E-state index in [1.54, 1.807) is 0 Å². The molecule has 1 aliphatic carbocycles. The van der Waals surface area contributed by atoms with Crippen LogP contribution in [0.3, 0.4) is 0 Å². The second-order valence-corrected chi connectivity index (χ2v) is 4.28. The van der Waals surface area contributed by atoms with Crippen LogP contribution in [0.1, 0.15) is 25.7 Å². The first-order valence-corrected chi connectivity index (χ1v) is 5.15. The van der Waals surface area contributed by atoms with Gasteiger partial charge >= 0.3 is 0 Å². The Morgan fingerprint density at radius 3 is 2.38 bits per heavy atom. The van der Waals surface area contributed by atoms with Crippen LogP contribution in [0.2, 0.25) is 0 Å². The minimum atomic E-state index is 0.459. The summed E-state index contributed by atoms with van der Waals surface area (Å²) in [6.45, 7) is 1.06. The van der Waals surface area contributed by atoms with Gasteiger partial charge in [-0.15, -0.1) is 0 Å². The van der Waals surface area contributed by atoms with Gasteiger partial charge in [0, 0.05) is 31.5 Å². The van der Waals surface area contributed by atoms with E-state index in [9.17, 15) is 0 Å². The first-order valence-electron chi connectivity index (χ1n) is 5.15. The second-order valence-electron chi connectivity index (χ2n) is 4.28. The highest BCUT2D eigenvalue weighted by Gasteiger charge is 2.24. The van der Waals surface area contributed by atoms with E-state index in [-0.39, 0.29) is 0 Å². The van der Waals surface area contributed by atoms with Crippen molar-refractivity contribution in [2.75, 3.05) is 13.7 Å². The van der Waals surface area contributed by atoms with Crippen LogP contribution in [-0.2, 0) is 0 Å². The topological polar surface area (TPSA) is 32.5 Å². The van der Waals surface area contributed by atoms with E-state index in [1.165, 1.54) is 25.7 Å². The normalized spacial score (nSPS) is 34.3. The molecule has 0 unspecified atom stereocenters. The van der Waals surface area contributed by atoms with Gasteiger partial charge in [0.2, 0.25) is 0 Å². The predicted molar refractivity (Wildman–Crippen MR) is 53.8 cm³/mol. The van der Waals surface area contributed by atoms with Crippen LogP contribution in [-0.4, -0.2) is 35.6 Å². The van der Waals surface area contributed by atoms with E-state index in [4.69, 9.17) is 5.73 Å². The molecule has 0 aromatic heterocycles. The maximum absolute atomic E-state index is 5.88. The molecule has 0 bridgehead atoms. The van der Waals surface area contributed by atoms with Gasteiger partial charge in [0.05, 0.1) is 6.67 Å². The third kappa shape index (κ3) is 1.97. The molecule has 0 atom stereocenters. The minimum absolute atomic E-state index is 0.459. The summed E-state index contributed by atoms with van der Waals surface area (Å²) in [4.78, 5) is 4.65. The van der Waals surface area contributed by atoms with Crippen molar-refractivity contribution in [3.8, 4) is 0 Å². The highest BCUT2D eigenvalue weighted by atomic mass is 15.3. The van der Waals surface area contributed by atoms with Gasteiger partial charge in [0.25, 0.3) is 0 Å². The fourth-order valence-electron chi connectivity index (χ4n) is 2.22. The van der Waals surface area contributed by atoms with Crippen LogP contribution in [0.25, 0.3) is 0 Å². The second kappa shape index (κ2) is 3.58. The lowest BCUT2D eigenvalue weighted by atomic mass is 9.91. The fraction of sp³-hybridized carbons (Fsp3) is 0.800. The Morgan fingerprint density at radius 1 is 1.15 bits per heavy atom. The molecule has 74 valence electrons. The van der Waals surface area contributed by atoms with Gasteiger partial charge in [-0.3, -0.25) is 0 Å². The summed E-state index contributed by atoms with van der Waals surface area (Å²) >= 11 is 0. The summed E-state index contributed by atoms with van der Waals surface area (Å²) in [7, 11) is 2.12. The van der Waals surface area contributed by atoms with Gasteiger partial charge in [0.1, 0.15) is 0 Å². The van der Waals surface area contributed by atoms with Crippen molar-refractivity contribution in [3.63, 3.8) is 0 Å². The Kier molecular flexibility index (Phi) is 2.44. The summed E-state index contributed by atoms with van der Waals surface area (Å²) in [5.41, 5.74) is 5.88. The minimum Gasteiger partial charge on any atom is -0.362 e. The van der Waals surface area contributed by atoms with Gasteiger partial charge in [-0.1, -0.05) is 0 Å². The Morgan fingerprint density at radius 2 is 1.85 bits per heavy atom. The van der Waals surface area contributed by atoms with Gasteiger partial charge in [-0.25, -0.2) is 0 Å². The summed E-state index contributed by atoms with van der Waals surface area (Å²) < 4.78 is 0. The zero-order valence-corrected chi connectivity index (χ0v) is 8.32. The monoisotopic (exact) mass is 181 g/mol. The third-order valence-electron chi connectivity index (χ3n) is 3.11. The lowest BCUT2D eigenvalue weighted by Gasteiger charge is -2.33. The zero-order valence-electron chi connectivity index (χ0n) is 8.32. The number of nitrogens with zero attached hydrogens (tertiary/aromatic N) is 2. The molecule has 2 rings (SSSR count). The summed E-state index contributed by atoms with van der Waals surface area (Å²) in [5, 5.41) is 0. The first-order chi connectivity index (χ1) is 6.25. The number of hydrogen-bond donors (Lipinski definition) is 1. The fourth-order valence-corrected chi connectivity index (χ4v) is 2.22. The van der Waals surface area contributed by atoms with Crippen molar-refractivity contribution in [2.24, 2.45) is 5.73 Å². The summed E-state index contributed by atoms with van der Waals surface area (Å²) in [6, 6.07) is 1.20. The lowest BCUT2D eigenvalue weighted by Crippen LogP contribution is -2.38. The lowest BCUT2D eigenvalue weighted by molar-refractivity contribution is 0.181. The predicted octanol–water partition coefficient (Wildman–Crippen LogP) is 0.932. The average Bonchev–Trinajstić information content (AvgIpc) is 2.53. The molecule has 1 saturated carbocycles. The quantitative estimate of drug-likeness (QED) is 0.653. The Hall–Kier alpha value is -0.700. The molecule has 0 aromatic rings. The van der Waals surface area contributed by atoms with Gasteiger partial charge in [0.15, 0.2) is 0 Å². The van der Waals surface area contributed by atoms with Crippen molar-refractivity contribution >= 4 is 0 Å². The van der Waals surface area contributed by atoms with Crippen LogP contribution < -0.4 is 5.73 Å². The molecule has 3 nitrogen and oxygen atoms in total. The Labute approximate surface area is 80.2 Å². The van der Waals surface area contributed by atoms with Crippen LogP contribution >= 0.6 is 0 Å².